The molecule has 1 aromatic heterocycles. The number of nitrogens with one attached hydrogen (secondary N) is 1. The van der Waals surface area contributed by atoms with Crippen molar-refractivity contribution in [2.45, 2.75) is 51.5 Å². The van der Waals surface area contributed by atoms with E-state index < -0.39 is 5.97 Å². The number of carbonyl (C=O) groups is 2. The van der Waals surface area contributed by atoms with Gasteiger partial charge in [-0.3, -0.25) is 4.79 Å². The molecule has 1 N–H and O–H groups in total. The van der Waals surface area contributed by atoms with Gasteiger partial charge in [0.1, 0.15) is 28.2 Å². The molecule has 1 unspecified atom stereocenters. The number of allylic oxidation sites excluding steroid dienone is 3. The molecule has 0 bridgehead atoms. The third-order valence-electron chi connectivity index (χ3n) is 6.71. The standard InChI is InChI=1S/C31H31NO5S2/c1-18-16-31(3,4)32-24-12-11-21(23(28(18)24)17-36-29(33)27-13-8-19(2)39-27)22-10-9-20(15-25(22)35-5)37-30(34)26-7-6-14-38-26/h6-12,14-16,27,32H,13,17H2,1-5H3. The molecule has 2 aromatic carbocycles. The van der Waals surface area contributed by atoms with Crippen LogP contribution in [0, 0.1) is 0 Å². The van der Waals surface area contributed by atoms with Crippen molar-refractivity contribution >= 4 is 46.3 Å². The molecule has 0 aliphatic carbocycles. The number of esters is 2. The van der Waals surface area contributed by atoms with E-state index in [9.17, 15) is 9.59 Å². The van der Waals surface area contributed by atoms with Crippen LogP contribution in [-0.2, 0) is 16.1 Å². The van der Waals surface area contributed by atoms with Crippen molar-refractivity contribution in [3.63, 3.8) is 0 Å². The smallest absolute Gasteiger partial charge is 0.353 e. The van der Waals surface area contributed by atoms with E-state index in [-0.39, 0.29) is 23.4 Å². The molecule has 3 aromatic rings. The number of thioether (sulfide) groups is 1. The number of hydrogen-bond acceptors (Lipinski definition) is 8. The minimum atomic E-state index is -0.412. The van der Waals surface area contributed by atoms with Crippen molar-refractivity contribution in [3.8, 4) is 22.6 Å². The molecule has 6 nitrogen and oxygen atoms in total. The van der Waals surface area contributed by atoms with E-state index in [1.807, 2.05) is 30.5 Å². The zero-order valence-corrected chi connectivity index (χ0v) is 24.3. The Morgan fingerprint density at radius 2 is 1.90 bits per heavy atom. The number of fused-ring (bicyclic) bond motifs is 1. The molecule has 0 saturated heterocycles. The molecule has 0 amide bonds. The summed E-state index contributed by atoms with van der Waals surface area (Å²) in [6, 6.07) is 13.0. The number of carbonyl (C=O) groups excluding carboxylic acids is 2. The first kappa shape index (κ1) is 27.1. The van der Waals surface area contributed by atoms with Crippen LogP contribution in [0.3, 0.4) is 0 Å². The predicted molar refractivity (Wildman–Crippen MR) is 159 cm³/mol. The second kappa shape index (κ2) is 10.9. The topological polar surface area (TPSA) is 73.9 Å². The fraction of sp³-hybridized carbons (Fsp3) is 0.290. The van der Waals surface area contributed by atoms with Gasteiger partial charge in [-0.05, 0) is 79.8 Å². The van der Waals surface area contributed by atoms with Gasteiger partial charge < -0.3 is 19.5 Å². The average Bonchev–Trinajstić information content (AvgIpc) is 3.58. The van der Waals surface area contributed by atoms with Gasteiger partial charge in [0.05, 0.1) is 12.6 Å². The van der Waals surface area contributed by atoms with Crippen LogP contribution in [0.5, 0.6) is 11.5 Å². The van der Waals surface area contributed by atoms with Crippen LogP contribution in [0.2, 0.25) is 0 Å². The number of anilines is 1. The summed E-state index contributed by atoms with van der Waals surface area (Å²) in [5.74, 6) is 0.312. The van der Waals surface area contributed by atoms with Crippen molar-refractivity contribution < 1.29 is 23.8 Å². The van der Waals surface area contributed by atoms with Gasteiger partial charge in [0, 0.05) is 28.4 Å². The molecule has 39 heavy (non-hydrogen) atoms. The van der Waals surface area contributed by atoms with E-state index in [0.717, 1.165) is 38.4 Å². The Kier molecular flexibility index (Phi) is 7.60. The first-order valence-corrected chi connectivity index (χ1v) is 14.5. The maximum absolute atomic E-state index is 13.0. The van der Waals surface area contributed by atoms with Gasteiger partial charge >= 0.3 is 11.9 Å². The third-order valence-corrected chi connectivity index (χ3v) is 8.76. The lowest BCUT2D eigenvalue weighted by atomic mass is 9.85. The van der Waals surface area contributed by atoms with Crippen LogP contribution >= 0.6 is 23.1 Å². The molecule has 5 rings (SSSR count). The van der Waals surface area contributed by atoms with Gasteiger partial charge in [-0.1, -0.05) is 24.3 Å². The summed E-state index contributed by atoms with van der Waals surface area (Å²) < 4.78 is 17.3. The minimum Gasteiger partial charge on any atom is -0.496 e. The van der Waals surface area contributed by atoms with E-state index in [2.05, 4.69) is 44.3 Å². The molecule has 1 atom stereocenters. The summed E-state index contributed by atoms with van der Waals surface area (Å²) in [5, 5.41) is 5.21. The van der Waals surface area contributed by atoms with E-state index in [4.69, 9.17) is 14.2 Å². The van der Waals surface area contributed by atoms with E-state index in [1.54, 1.807) is 37.1 Å². The number of benzene rings is 2. The molecule has 0 spiro atoms. The first-order valence-electron chi connectivity index (χ1n) is 12.7. The Labute approximate surface area is 237 Å². The largest absolute Gasteiger partial charge is 0.496 e. The minimum absolute atomic E-state index is 0.124. The molecule has 2 aliphatic rings. The van der Waals surface area contributed by atoms with Crippen LogP contribution in [0.4, 0.5) is 5.69 Å². The highest BCUT2D eigenvalue weighted by Crippen LogP contribution is 2.44. The van der Waals surface area contributed by atoms with E-state index in [1.165, 1.54) is 11.3 Å². The summed E-state index contributed by atoms with van der Waals surface area (Å²) in [5.41, 5.74) is 5.50. The average molecular weight is 562 g/mol. The van der Waals surface area contributed by atoms with Crippen molar-refractivity contribution in [2.75, 3.05) is 12.4 Å². The van der Waals surface area contributed by atoms with Gasteiger partial charge in [-0.15, -0.1) is 23.1 Å². The highest BCUT2D eigenvalue weighted by atomic mass is 32.2. The van der Waals surface area contributed by atoms with Gasteiger partial charge in [0.25, 0.3) is 0 Å². The molecule has 3 heterocycles. The second-order valence-electron chi connectivity index (χ2n) is 10.2. The zero-order chi connectivity index (χ0) is 27.7. The summed E-state index contributed by atoms with van der Waals surface area (Å²) in [7, 11) is 1.59. The van der Waals surface area contributed by atoms with Gasteiger partial charge in [-0.25, -0.2) is 4.79 Å². The number of thiophene rings is 1. The lowest BCUT2D eigenvalue weighted by molar-refractivity contribution is -0.144. The first-order chi connectivity index (χ1) is 18.6. The summed E-state index contributed by atoms with van der Waals surface area (Å²) in [6.07, 6.45) is 4.95. The summed E-state index contributed by atoms with van der Waals surface area (Å²) >= 11 is 2.88. The van der Waals surface area contributed by atoms with Crippen LogP contribution in [0.1, 0.15) is 54.9 Å². The van der Waals surface area contributed by atoms with Crippen molar-refractivity contribution in [1.29, 1.82) is 0 Å². The van der Waals surface area contributed by atoms with E-state index >= 15 is 0 Å². The number of rotatable bonds is 7. The highest BCUT2D eigenvalue weighted by molar-refractivity contribution is 8.04. The lowest BCUT2D eigenvalue weighted by Crippen LogP contribution is -2.32. The Bertz CT molecular complexity index is 1490. The fourth-order valence-electron chi connectivity index (χ4n) is 5.09. The molecule has 2 aliphatic heterocycles. The molecule has 8 heteroatoms. The van der Waals surface area contributed by atoms with Crippen LogP contribution in [-0.4, -0.2) is 29.8 Å². The Morgan fingerprint density at radius 3 is 2.59 bits per heavy atom. The summed E-state index contributed by atoms with van der Waals surface area (Å²) in [4.78, 5) is 27.1. The second-order valence-corrected chi connectivity index (χ2v) is 12.6. The van der Waals surface area contributed by atoms with Gasteiger partial charge in [0.15, 0.2) is 0 Å². The van der Waals surface area contributed by atoms with Crippen LogP contribution in [0.15, 0.2) is 64.9 Å². The van der Waals surface area contributed by atoms with Gasteiger partial charge in [0.2, 0.25) is 0 Å². The molecular formula is C31H31NO5S2. The Hall–Kier alpha value is -3.49. The maximum atomic E-state index is 13.0. The molecule has 202 valence electrons. The zero-order valence-electron chi connectivity index (χ0n) is 22.6. The van der Waals surface area contributed by atoms with E-state index in [0.29, 0.717) is 22.8 Å². The molecule has 0 radical (unpaired) electrons. The molecule has 0 fully saturated rings. The predicted octanol–water partition coefficient (Wildman–Crippen LogP) is 7.70. The van der Waals surface area contributed by atoms with Crippen LogP contribution < -0.4 is 14.8 Å². The quantitative estimate of drug-likeness (QED) is 0.234. The monoisotopic (exact) mass is 561 g/mol. The molecule has 0 saturated carbocycles. The Balaban J connectivity index is 1.51. The highest BCUT2D eigenvalue weighted by Gasteiger charge is 2.29. The summed E-state index contributed by atoms with van der Waals surface area (Å²) in [6.45, 7) is 8.47. The van der Waals surface area contributed by atoms with Gasteiger partial charge in [-0.2, -0.15) is 0 Å². The SMILES string of the molecule is COc1cc(OC(=O)c2cccs2)ccc1-c1ccc2c(c1COC(=O)C1CC=C(C)S1)C(C)=CC(C)(C)N2. The number of hydrogen-bond donors (Lipinski definition) is 1. The fourth-order valence-corrected chi connectivity index (χ4v) is 6.68. The number of ether oxygens (including phenoxy) is 3. The Morgan fingerprint density at radius 1 is 1.10 bits per heavy atom. The normalized spacial score (nSPS) is 17.4. The lowest BCUT2D eigenvalue weighted by Gasteiger charge is -2.33. The maximum Gasteiger partial charge on any atom is 0.353 e. The van der Waals surface area contributed by atoms with Crippen molar-refractivity contribution in [2.24, 2.45) is 0 Å². The van der Waals surface area contributed by atoms with Crippen molar-refractivity contribution in [1.82, 2.24) is 0 Å². The van der Waals surface area contributed by atoms with Crippen molar-refractivity contribution in [3.05, 3.63) is 80.9 Å². The van der Waals surface area contributed by atoms with Crippen LogP contribution in [0.25, 0.3) is 16.7 Å². The molecular weight excluding hydrogens is 530 g/mol. The third kappa shape index (κ3) is 5.77. The number of methoxy groups -OCH3 is 1.